The number of sulfonamides is 1. The number of hydrogen-bond donors (Lipinski definition) is 1. The van der Waals surface area contributed by atoms with Gasteiger partial charge in [0.05, 0.1) is 16.0 Å². The highest BCUT2D eigenvalue weighted by molar-refractivity contribution is 8.48. The number of amides is 2. The number of thiocarbonyl (C=S) groups is 1. The zero-order valence-electron chi connectivity index (χ0n) is 22.5. The van der Waals surface area contributed by atoms with Crippen LogP contribution in [0.15, 0.2) is 90.0 Å². The summed E-state index contributed by atoms with van der Waals surface area (Å²) in [5.74, 6) is -0.597. The van der Waals surface area contributed by atoms with E-state index in [0.717, 1.165) is 22.0 Å². The third-order valence-electron chi connectivity index (χ3n) is 9.24. The van der Waals surface area contributed by atoms with Gasteiger partial charge in [-0.15, -0.1) is 0 Å². The molecule has 2 bridgehead atoms. The molecule has 1 spiro atoms. The quantitative estimate of drug-likeness (QED) is 0.322. The molecule has 1 N–H and O–H groups in total. The molecule has 5 aliphatic heterocycles. The first kappa shape index (κ1) is 26.3. The van der Waals surface area contributed by atoms with Gasteiger partial charge < -0.3 is 9.88 Å². The molecule has 4 atom stereocenters. The monoisotopic (exact) mass is 632 g/mol. The van der Waals surface area contributed by atoms with E-state index >= 15 is 0 Å². The Morgan fingerprint density at radius 1 is 0.905 bits per heavy atom. The lowest BCUT2D eigenvalue weighted by Crippen LogP contribution is -2.72. The second kappa shape index (κ2) is 8.40. The van der Waals surface area contributed by atoms with Gasteiger partial charge in [-0.3, -0.25) is 14.5 Å². The van der Waals surface area contributed by atoms with Crippen molar-refractivity contribution in [2.24, 2.45) is 0 Å². The Morgan fingerprint density at radius 2 is 1.60 bits per heavy atom. The smallest absolute Gasteiger partial charge is 0.266 e. The largest absolute Gasteiger partial charge is 0.361 e. The molecule has 4 aromatic rings. The van der Waals surface area contributed by atoms with Crippen LogP contribution in [0.5, 0.6) is 0 Å². The molecule has 0 radical (unpaired) electrons. The van der Waals surface area contributed by atoms with Gasteiger partial charge in [0, 0.05) is 30.6 Å². The zero-order chi connectivity index (χ0) is 29.2. The first-order valence-corrected chi connectivity index (χ1v) is 16.9. The van der Waals surface area contributed by atoms with E-state index in [1.165, 1.54) is 32.7 Å². The predicted octanol–water partition coefficient (Wildman–Crippen LogP) is 4.87. The number of likely N-dealkylation sites (N-methyl/N-ethyl adjacent to an activating group) is 1. The van der Waals surface area contributed by atoms with Crippen LogP contribution in [0.2, 0.25) is 0 Å². The molecule has 42 heavy (non-hydrogen) atoms. The maximum atomic E-state index is 14.8. The summed E-state index contributed by atoms with van der Waals surface area (Å²) in [6.45, 7) is 1.70. The number of anilines is 1. The second-order valence-electron chi connectivity index (χ2n) is 11.2. The van der Waals surface area contributed by atoms with Crippen LogP contribution in [0.3, 0.4) is 0 Å². The maximum absolute atomic E-state index is 14.8. The van der Waals surface area contributed by atoms with Crippen LogP contribution in [0.4, 0.5) is 5.69 Å². The van der Waals surface area contributed by atoms with Gasteiger partial charge in [-0.2, -0.15) is 0 Å². The summed E-state index contributed by atoms with van der Waals surface area (Å²) < 4.78 is 31.3. The van der Waals surface area contributed by atoms with Crippen LogP contribution in [-0.2, 0) is 25.0 Å². The van der Waals surface area contributed by atoms with Crippen molar-refractivity contribution in [2.45, 2.75) is 39.6 Å². The number of benzene rings is 3. The number of hydrogen-bond acceptors (Lipinski definition) is 7. The van der Waals surface area contributed by atoms with Crippen molar-refractivity contribution in [1.82, 2.24) is 14.8 Å². The fourth-order valence-corrected chi connectivity index (χ4v) is 12.8. The van der Waals surface area contributed by atoms with Gasteiger partial charge in [0.2, 0.25) is 0 Å². The van der Waals surface area contributed by atoms with Gasteiger partial charge in [-0.1, -0.05) is 90.3 Å². The molecule has 3 aromatic carbocycles. The number of aromatic amines is 1. The van der Waals surface area contributed by atoms with Gasteiger partial charge in [0.25, 0.3) is 21.8 Å². The molecule has 2 unspecified atom stereocenters. The first-order chi connectivity index (χ1) is 20.1. The summed E-state index contributed by atoms with van der Waals surface area (Å²) in [5.41, 5.74) is 1.87. The molecule has 0 saturated carbocycles. The predicted molar refractivity (Wildman–Crippen MR) is 169 cm³/mol. The molecule has 0 aliphatic carbocycles. The molecule has 9 rings (SSSR count). The standard InChI is InChI=1S/C30H24N4O4S4/c1-28-25(35)33-24-29(21-16-31-22-14-8-6-12-19(21)22,17-30(33,26(36)32(28)2)41-27(39)40-28)20-13-7-9-15-23(20)34(24)42(37,38)18-10-4-3-5-11-18/h3-16,24,31H,17H2,1-2H3/t24-,28+,29?,30?/m0/s1. The van der Waals surface area contributed by atoms with Crippen molar-refractivity contribution < 1.29 is 18.0 Å². The van der Waals surface area contributed by atoms with Crippen LogP contribution in [-0.4, -0.2) is 61.5 Å². The summed E-state index contributed by atoms with van der Waals surface area (Å²) in [5, 5.41) is 0.904. The fourth-order valence-electron chi connectivity index (χ4n) is 7.31. The number of nitrogens with zero attached hydrogens (tertiary/aromatic N) is 3. The molecule has 8 nitrogen and oxygen atoms in total. The molecule has 4 saturated heterocycles. The minimum Gasteiger partial charge on any atom is -0.361 e. The van der Waals surface area contributed by atoms with E-state index < -0.39 is 31.3 Å². The Hall–Kier alpha value is -3.32. The number of nitrogens with one attached hydrogen (secondary N) is 1. The Labute approximate surface area is 256 Å². The van der Waals surface area contributed by atoms with E-state index in [1.807, 2.05) is 48.7 Å². The Morgan fingerprint density at radius 3 is 2.38 bits per heavy atom. The topological polar surface area (TPSA) is 93.8 Å². The number of aromatic nitrogens is 1. The van der Waals surface area contributed by atoms with E-state index in [1.54, 1.807) is 55.3 Å². The third-order valence-corrected chi connectivity index (χ3v) is 14.1. The maximum Gasteiger partial charge on any atom is 0.266 e. The summed E-state index contributed by atoms with van der Waals surface area (Å²) >= 11 is 8.15. The fraction of sp³-hybridized carbons (Fsp3) is 0.233. The van der Waals surface area contributed by atoms with Crippen molar-refractivity contribution in [3.63, 3.8) is 0 Å². The minimum absolute atomic E-state index is 0.107. The number of fused-ring (bicyclic) bond motifs is 7. The average Bonchev–Trinajstić information content (AvgIpc) is 3.60. The van der Waals surface area contributed by atoms with Gasteiger partial charge in [0.1, 0.15) is 9.69 Å². The van der Waals surface area contributed by atoms with Gasteiger partial charge in [0.15, 0.2) is 9.74 Å². The van der Waals surface area contributed by atoms with Crippen LogP contribution in [0.1, 0.15) is 24.5 Å². The van der Waals surface area contributed by atoms with Crippen LogP contribution < -0.4 is 4.31 Å². The highest BCUT2D eigenvalue weighted by Gasteiger charge is 2.78. The van der Waals surface area contributed by atoms with Crippen molar-refractivity contribution in [2.75, 3.05) is 11.4 Å². The second-order valence-corrected chi connectivity index (χ2v) is 16.9. The van der Waals surface area contributed by atoms with E-state index in [-0.39, 0.29) is 23.1 Å². The van der Waals surface area contributed by atoms with Gasteiger partial charge in [-0.05, 0) is 42.3 Å². The van der Waals surface area contributed by atoms with Crippen molar-refractivity contribution in [1.29, 1.82) is 0 Å². The lowest BCUT2D eigenvalue weighted by atomic mass is 9.72. The van der Waals surface area contributed by atoms with Crippen LogP contribution >= 0.6 is 35.7 Å². The summed E-state index contributed by atoms with van der Waals surface area (Å²) in [6.07, 6.45) is 0.999. The number of H-pyrrole nitrogens is 1. The van der Waals surface area contributed by atoms with Gasteiger partial charge >= 0.3 is 0 Å². The number of thioether (sulfide) groups is 2. The van der Waals surface area contributed by atoms with Crippen LogP contribution in [0, 0.1) is 0 Å². The summed E-state index contributed by atoms with van der Waals surface area (Å²) in [7, 11) is -2.57. The van der Waals surface area contributed by atoms with Crippen molar-refractivity contribution in [3.8, 4) is 0 Å². The van der Waals surface area contributed by atoms with E-state index in [2.05, 4.69) is 4.98 Å². The summed E-state index contributed by atoms with van der Waals surface area (Å²) in [6, 6.07) is 23.5. The molecule has 12 heteroatoms. The zero-order valence-corrected chi connectivity index (χ0v) is 25.7. The molecule has 212 valence electrons. The number of para-hydroxylation sites is 2. The normalized spacial score (nSPS) is 30.1. The van der Waals surface area contributed by atoms with Crippen LogP contribution in [0.25, 0.3) is 10.9 Å². The number of piperazine rings is 1. The van der Waals surface area contributed by atoms with Gasteiger partial charge in [-0.25, -0.2) is 12.7 Å². The lowest BCUT2D eigenvalue weighted by molar-refractivity contribution is -0.162. The number of carbonyl (C=O) groups excluding carboxylic acids is 2. The highest BCUT2D eigenvalue weighted by atomic mass is 32.2. The third kappa shape index (κ3) is 2.96. The molecular weight excluding hydrogens is 609 g/mol. The molecule has 6 heterocycles. The molecule has 4 fully saturated rings. The van der Waals surface area contributed by atoms with Crippen molar-refractivity contribution in [3.05, 3.63) is 96.2 Å². The number of carbonyl (C=O) groups is 2. The minimum atomic E-state index is -4.20. The molecule has 5 aliphatic rings. The highest BCUT2D eigenvalue weighted by Crippen LogP contribution is 2.68. The van der Waals surface area contributed by atoms with E-state index in [4.69, 9.17) is 12.2 Å². The Bertz CT molecular complexity index is 1980. The molecular formula is C30H24N4O4S4. The number of rotatable bonds is 3. The Balaban J connectivity index is 1.51. The van der Waals surface area contributed by atoms with Crippen molar-refractivity contribution >= 4 is 77.7 Å². The Kier molecular flexibility index (Phi) is 5.26. The molecule has 2 amide bonds. The lowest BCUT2D eigenvalue weighted by Gasteiger charge is -2.50. The summed E-state index contributed by atoms with van der Waals surface area (Å²) in [4.78, 5) is 33.1. The van der Waals surface area contributed by atoms with E-state index in [0.29, 0.717) is 9.22 Å². The average molecular weight is 633 g/mol. The molecule has 1 aromatic heterocycles. The SMILES string of the molecule is CN1C(=O)C23CC4(c5c[nH]c6ccccc56)c5ccccc5N(S(=O)(=O)c5ccccc5)[C@@H]4N2C(=O)[C@@]1(C)SC(=S)S3. The van der Waals surface area contributed by atoms with E-state index in [9.17, 15) is 18.0 Å². The first-order valence-electron chi connectivity index (χ1n) is 13.4.